The first-order valence-electron chi connectivity index (χ1n) is 9.13. The van der Waals surface area contributed by atoms with E-state index >= 15 is 0 Å². The summed E-state index contributed by atoms with van der Waals surface area (Å²) in [7, 11) is 0. The third-order valence-electron chi connectivity index (χ3n) is 6.14. The van der Waals surface area contributed by atoms with E-state index in [1.807, 2.05) is 0 Å². The molecule has 1 saturated carbocycles. The Bertz CT molecular complexity index is 423. The zero-order valence-corrected chi connectivity index (χ0v) is 14.4. The zero-order valence-electron chi connectivity index (χ0n) is 14.4. The molecule has 3 atom stereocenters. The zero-order chi connectivity index (χ0) is 16.6. The first-order valence-corrected chi connectivity index (χ1v) is 9.13. The quantitative estimate of drug-likeness (QED) is 0.798. The van der Waals surface area contributed by atoms with Crippen LogP contribution in [-0.2, 0) is 4.79 Å². The highest BCUT2D eigenvalue weighted by atomic mass is 16.8. The fourth-order valence-electron chi connectivity index (χ4n) is 4.73. The van der Waals surface area contributed by atoms with Gasteiger partial charge in [-0.1, -0.05) is 6.92 Å². The molecule has 3 unspecified atom stereocenters. The Labute approximate surface area is 138 Å². The molecule has 23 heavy (non-hydrogen) atoms. The molecule has 6 heteroatoms. The highest BCUT2D eigenvalue weighted by Gasteiger charge is 2.41. The van der Waals surface area contributed by atoms with Crippen LogP contribution in [0, 0.1) is 17.0 Å². The van der Waals surface area contributed by atoms with Crippen molar-refractivity contribution in [3.63, 3.8) is 0 Å². The van der Waals surface area contributed by atoms with E-state index in [4.69, 9.17) is 5.21 Å². The van der Waals surface area contributed by atoms with Gasteiger partial charge in [-0.25, -0.2) is 0 Å². The van der Waals surface area contributed by atoms with Crippen LogP contribution in [0.25, 0.3) is 0 Å². The van der Waals surface area contributed by atoms with Gasteiger partial charge in [-0.2, -0.15) is 0 Å². The van der Waals surface area contributed by atoms with E-state index < -0.39 is 0 Å². The van der Waals surface area contributed by atoms with E-state index in [0.29, 0.717) is 37.4 Å². The molecule has 0 amide bonds. The predicted molar refractivity (Wildman–Crippen MR) is 87.7 cm³/mol. The maximum Gasteiger partial charge on any atom is 0.149 e. The topological polar surface area (TPSA) is 70.1 Å². The summed E-state index contributed by atoms with van der Waals surface area (Å²) in [5.41, 5.74) is 0. The summed E-state index contributed by atoms with van der Waals surface area (Å²) in [6.07, 6.45) is 5.57. The number of ketones is 1. The van der Waals surface area contributed by atoms with Crippen molar-refractivity contribution < 1.29 is 10.0 Å². The number of hydrogen-bond acceptors (Lipinski definition) is 6. The number of hydroxylamine groups is 2. The van der Waals surface area contributed by atoms with Gasteiger partial charge in [-0.3, -0.25) is 19.8 Å². The molecule has 3 rings (SSSR count). The first kappa shape index (κ1) is 17.3. The number of carbonyl (C=O) groups is 1. The Morgan fingerprint density at radius 2 is 1.83 bits per heavy atom. The van der Waals surface area contributed by atoms with Crippen LogP contribution in [0.5, 0.6) is 0 Å². The lowest BCUT2D eigenvalue weighted by Gasteiger charge is -2.38. The third kappa shape index (κ3) is 3.77. The molecule has 2 saturated heterocycles. The Morgan fingerprint density at radius 3 is 2.48 bits per heavy atom. The molecular weight excluding hydrogens is 294 g/mol. The average molecular weight is 324 g/mol. The number of fused-ring (bicyclic) bond motifs is 1. The largest absolute Gasteiger partial charge is 0.762 e. The monoisotopic (exact) mass is 324 g/mol. The molecule has 0 aromatic rings. The van der Waals surface area contributed by atoms with Crippen molar-refractivity contribution in [1.29, 1.82) is 0 Å². The molecule has 1 aliphatic carbocycles. The van der Waals surface area contributed by atoms with Gasteiger partial charge in [0.2, 0.25) is 0 Å². The van der Waals surface area contributed by atoms with Crippen molar-refractivity contribution in [2.75, 3.05) is 19.6 Å². The van der Waals surface area contributed by atoms with E-state index in [1.54, 1.807) is 0 Å². The standard InChI is InChI=1S/C17H30N3O3/c1-12-3-8-17-18(9-12)10-13(2)19(17)11-16(21)14-4-6-15(7-5-14)20(22)23/h12-15,17,22H,3-11H2,1-2H3/q-1. The molecule has 0 aromatic carbocycles. The summed E-state index contributed by atoms with van der Waals surface area (Å²) in [5, 5.41) is 20.0. The molecule has 0 bridgehead atoms. The third-order valence-corrected chi connectivity index (χ3v) is 6.14. The van der Waals surface area contributed by atoms with Crippen LogP contribution < -0.4 is 0 Å². The molecule has 6 nitrogen and oxygen atoms in total. The molecule has 2 aliphatic heterocycles. The maximum absolute atomic E-state index is 12.7. The number of nitrogens with zero attached hydrogens (tertiary/aromatic N) is 3. The van der Waals surface area contributed by atoms with Gasteiger partial charge >= 0.3 is 0 Å². The van der Waals surface area contributed by atoms with E-state index in [9.17, 15) is 10.0 Å². The smallest absolute Gasteiger partial charge is 0.149 e. The van der Waals surface area contributed by atoms with Crippen molar-refractivity contribution in [2.45, 2.75) is 70.6 Å². The molecule has 0 aromatic heterocycles. The van der Waals surface area contributed by atoms with E-state index in [-0.39, 0.29) is 17.2 Å². The van der Waals surface area contributed by atoms with Crippen molar-refractivity contribution in [3.8, 4) is 0 Å². The maximum atomic E-state index is 12.7. The summed E-state index contributed by atoms with van der Waals surface area (Å²) in [5.74, 6) is 1.15. The van der Waals surface area contributed by atoms with Crippen molar-refractivity contribution in [1.82, 2.24) is 15.0 Å². The van der Waals surface area contributed by atoms with Gasteiger partial charge in [-0.15, -0.1) is 0 Å². The lowest BCUT2D eigenvalue weighted by atomic mass is 9.83. The van der Waals surface area contributed by atoms with Crippen LogP contribution in [0.1, 0.15) is 52.4 Å². The number of rotatable bonds is 4. The van der Waals surface area contributed by atoms with Crippen molar-refractivity contribution >= 4 is 5.78 Å². The molecule has 132 valence electrons. The summed E-state index contributed by atoms with van der Waals surface area (Å²) in [6.45, 7) is 7.32. The van der Waals surface area contributed by atoms with Crippen LogP contribution in [0.15, 0.2) is 0 Å². The molecule has 0 radical (unpaired) electrons. The van der Waals surface area contributed by atoms with Crippen LogP contribution in [0.4, 0.5) is 0 Å². The van der Waals surface area contributed by atoms with Gasteiger partial charge in [0.25, 0.3) is 0 Å². The first-order chi connectivity index (χ1) is 11.0. The Balaban J connectivity index is 1.54. The summed E-state index contributed by atoms with van der Waals surface area (Å²) in [4.78, 5) is 17.6. The molecule has 2 heterocycles. The minimum atomic E-state index is -0.319. The van der Waals surface area contributed by atoms with Gasteiger partial charge in [0.15, 0.2) is 0 Å². The highest BCUT2D eigenvalue weighted by Crippen LogP contribution is 2.32. The highest BCUT2D eigenvalue weighted by molar-refractivity contribution is 5.83. The number of Topliss-reactive ketones (excluding diaryl/α,β-unsaturated/α-hetero) is 1. The van der Waals surface area contributed by atoms with Crippen molar-refractivity contribution in [3.05, 3.63) is 5.21 Å². The van der Waals surface area contributed by atoms with Gasteiger partial charge < -0.3 is 10.4 Å². The number of piperidine rings is 1. The SMILES string of the molecule is CC1CCC2N(C1)CC(C)N2CC(=O)C1CCC(N([O-])O)CC1. The van der Waals surface area contributed by atoms with Gasteiger partial charge in [0.05, 0.1) is 12.7 Å². The van der Waals surface area contributed by atoms with E-state index in [1.165, 1.54) is 12.8 Å². The fraction of sp³-hybridized carbons (Fsp3) is 0.941. The van der Waals surface area contributed by atoms with Crippen LogP contribution in [-0.4, -0.2) is 63.9 Å². The predicted octanol–water partition coefficient (Wildman–Crippen LogP) is 2.07. The minimum Gasteiger partial charge on any atom is -0.762 e. The normalized spacial score (nSPS) is 39.6. The lowest BCUT2D eigenvalue weighted by molar-refractivity contribution is -0.129. The Hall–Kier alpha value is -0.530. The fourth-order valence-corrected chi connectivity index (χ4v) is 4.73. The second-order valence-corrected chi connectivity index (χ2v) is 7.91. The minimum absolute atomic E-state index is 0.0648. The van der Waals surface area contributed by atoms with E-state index in [0.717, 1.165) is 31.8 Å². The molecular formula is C17H30N3O3-. The van der Waals surface area contributed by atoms with Crippen LogP contribution in [0.2, 0.25) is 0 Å². The van der Waals surface area contributed by atoms with Gasteiger partial charge in [0.1, 0.15) is 5.78 Å². The van der Waals surface area contributed by atoms with Gasteiger partial charge in [0, 0.05) is 31.1 Å². The second kappa shape index (κ2) is 7.15. The number of carbonyl (C=O) groups excluding carboxylic acids is 1. The summed E-state index contributed by atoms with van der Waals surface area (Å²) in [6, 6.07) is 0.125. The average Bonchev–Trinajstić information content (AvgIpc) is 2.82. The van der Waals surface area contributed by atoms with E-state index in [2.05, 4.69) is 23.6 Å². The number of hydrogen-bond donors (Lipinski definition) is 1. The Morgan fingerprint density at radius 1 is 1.13 bits per heavy atom. The lowest BCUT2D eigenvalue weighted by Crippen LogP contribution is -2.47. The Kier molecular flexibility index (Phi) is 5.38. The van der Waals surface area contributed by atoms with Crippen LogP contribution in [0.3, 0.4) is 0 Å². The van der Waals surface area contributed by atoms with Crippen LogP contribution >= 0.6 is 0 Å². The summed E-state index contributed by atoms with van der Waals surface area (Å²) >= 11 is 0. The molecule has 1 N–H and O–H groups in total. The van der Waals surface area contributed by atoms with Gasteiger partial charge in [-0.05, 0) is 51.4 Å². The summed E-state index contributed by atoms with van der Waals surface area (Å²) < 4.78 is 0. The molecule has 3 aliphatic rings. The molecule has 3 fully saturated rings. The van der Waals surface area contributed by atoms with Crippen molar-refractivity contribution in [2.24, 2.45) is 11.8 Å². The second-order valence-electron chi connectivity index (χ2n) is 7.91. The molecule has 0 spiro atoms.